The van der Waals surface area contributed by atoms with E-state index in [2.05, 4.69) is 5.32 Å². The molecule has 0 fully saturated rings. The van der Waals surface area contributed by atoms with Crippen LogP contribution in [0.2, 0.25) is 0 Å². The fourth-order valence-corrected chi connectivity index (χ4v) is 1.79. The highest BCUT2D eigenvalue weighted by atomic mass is 32.2. The molecule has 0 aromatic carbocycles. The largest absolute Gasteiger partial charge is 0.481 e. The molecule has 0 aromatic rings. The zero-order valence-corrected chi connectivity index (χ0v) is 10.6. The van der Waals surface area contributed by atoms with Crippen molar-refractivity contribution in [2.45, 2.75) is 24.9 Å². The number of aliphatic carboxylic acids is 2. The van der Waals surface area contributed by atoms with E-state index in [0.717, 1.165) is 0 Å². The summed E-state index contributed by atoms with van der Waals surface area (Å²) in [6.45, 7) is 0. The molecule has 1 amide bonds. The zero-order chi connectivity index (χ0) is 14.3. The molecule has 1 unspecified atom stereocenters. The smallest absolute Gasteiger partial charge is 0.327 e. The molecule has 0 aromatic heterocycles. The van der Waals surface area contributed by atoms with Crippen LogP contribution in [0.15, 0.2) is 0 Å². The van der Waals surface area contributed by atoms with Gasteiger partial charge in [-0.25, -0.2) is 4.79 Å². The molecular formula is C9H16N2O6S. The lowest BCUT2D eigenvalue weighted by Gasteiger charge is -2.16. The number of nitrogens with one attached hydrogen (secondary N) is 1. The van der Waals surface area contributed by atoms with Gasteiger partial charge >= 0.3 is 11.9 Å². The second-order valence-electron chi connectivity index (χ2n) is 3.68. The molecule has 0 spiro atoms. The first-order valence-electron chi connectivity index (χ1n) is 5.04. The van der Waals surface area contributed by atoms with Crippen LogP contribution in [0.1, 0.15) is 12.8 Å². The molecule has 3 atom stereocenters. The van der Waals surface area contributed by atoms with E-state index in [0.29, 0.717) is 0 Å². The number of carboxylic acids is 2. The van der Waals surface area contributed by atoms with Crippen molar-refractivity contribution in [3.8, 4) is 0 Å². The number of carbonyl (C=O) groups excluding carboxylic acids is 1. The third-order valence-electron chi connectivity index (χ3n) is 2.02. The lowest BCUT2D eigenvalue weighted by Crippen LogP contribution is -2.50. The maximum Gasteiger partial charge on any atom is 0.327 e. The lowest BCUT2D eigenvalue weighted by atomic mass is 10.1. The molecule has 0 aliphatic carbocycles. The molecule has 0 saturated carbocycles. The normalized spacial score (nSPS) is 15.4. The maximum absolute atomic E-state index is 11.5. The summed E-state index contributed by atoms with van der Waals surface area (Å²) in [7, 11) is -1.39. The minimum atomic E-state index is -1.39. The Bertz CT molecular complexity index is 359. The van der Waals surface area contributed by atoms with Crippen molar-refractivity contribution in [3.05, 3.63) is 0 Å². The Labute approximate surface area is 106 Å². The van der Waals surface area contributed by atoms with Crippen molar-refractivity contribution in [1.29, 1.82) is 0 Å². The molecule has 0 heterocycles. The van der Waals surface area contributed by atoms with E-state index < -0.39 is 40.7 Å². The first kappa shape index (κ1) is 16.5. The van der Waals surface area contributed by atoms with Crippen molar-refractivity contribution >= 4 is 28.6 Å². The highest BCUT2D eigenvalue weighted by molar-refractivity contribution is 7.84. The quantitative estimate of drug-likeness (QED) is 0.407. The summed E-state index contributed by atoms with van der Waals surface area (Å²) < 4.78 is 10.9. The van der Waals surface area contributed by atoms with Gasteiger partial charge in [0.15, 0.2) is 0 Å². The first-order valence-corrected chi connectivity index (χ1v) is 6.77. The van der Waals surface area contributed by atoms with Crippen molar-refractivity contribution in [2.75, 3.05) is 12.0 Å². The summed E-state index contributed by atoms with van der Waals surface area (Å²) in [4.78, 5) is 32.5. The van der Waals surface area contributed by atoms with E-state index in [1.807, 2.05) is 0 Å². The second kappa shape index (κ2) is 7.77. The number of nitrogens with two attached hydrogens (primary N) is 1. The summed E-state index contributed by atoms with van der Waals surface area (Å²) in [6, 6.07) is -2.40. The van der Waals surface area contributed by atoms with Gasteiger partial charge in [-0.1, -0.05) is 0 Å². The van der Waals surface area contributed by atoms with Gasteiger partial charge in [0, 0.05) is 23.5 Å². The topological polar surface area (TPSA) is 147 Å². The molecule has 0 radical (unpaired) electrons. The van der Waals surface area contributed by atoms with Crippen LogP contribution in [-0.2, 0) is 25.2 Å². The van der Waals surface area contributed by atoms with Gasteiger partial charge in [-0.05, 0) is 6.42 Å². The molecule has 0 saturated heterocycles. The van der Waals surface area contributed by atoms with Crippen LogP contribution in [-0.4, -0.2) is 56.4 Å². The van der Waals surface area contributed by atoms with E-state index in [1.54, 1.807) is 0 Å². The number of carbonyl (C=O) groups is 3. The Kier molecular flexibility index (Phi) is 7.13. The Balaban J connectivity index is 4.36. The van der Waals surface area contributed by atoms with Crippen LogP contribution in [0, 0.1) is 0 Å². The molecule has 0 aliphatic rings. The van der Waals surface area contributed by atoms with Gasteiger partial charge in [0.25, 0.3) is 0 Å². The van der Waals surface area contributed by atoms with E-state index >= 15 is 0 Å². The molecule has 0 bridgehead atoms. The summed E-state index contributed by atoms with van der Waals surface area (Å²) in [5, 5.41) is 19.3. The van der Waals surface area contributed by atoms with Crippen molar-refractivity contribution in [2.24, 2.45) is 5.73 Å². The van der Waals surface area contributed by atoms with Crippen LogP contribution in [0.4, 0.5) is 0 Å². The average molecular weight is 280 g/mol. The van der Waals surface area contributed by atoms with E-state index in [1.165, 1.54) is 6.26 Å². The number of carboxylic acid groups (broad SMARTS) is 2. The molecule has 8 nitrogen and oxygen atoms in total. The first-order chi connectivity index (χ1) is 8.23. The molecule has 18 heavy (non-hydrogen) atoms. The number of rotatable bonds is 8. The van der Waals surface area contributed by atoms with Crippen molar-refractivity contribution in [3.63, 3.8) is 0 Å². The van der Waals surface area contributed by atoms with Gasteiger partial charge in [-0.3, -0.25) is 13.8 Å². The van der Waals surface area contributed by atoms with Crippen LogP contribution in [0.25, 0.3) is 0 Å². The van der Waals surface area contributed by atoms with Crippen LogP contribution < -0.4 is 11.1 Å². The van der Waals surface area contributed by atoms with Crippen LogP contribution in [0.3, 0.4) is 0 Å². The van der Waals surface area contributed by atoms with E-state index in [4.69, 9.17) is 15.9 Å². The Morgan fingerprint density at radius 2 is 1.89 bits per heavy atom. The Morgan fingerprint density at radius 1 is 1.33 bits per heavy atom. The third-order valence-corrected chi connectivity index (χ3v) is 2.82. The monoisotopic (exact) mass is 280 g/mol. The Morgan fingerprint density at radius 3 is 2.28 bits per heavy atom. The summed E-state index contributed by atoms with van der Waals surface area (Å²) in [6.07, 6.45) is 0.932. The lowest BCUT2D eigenvalue weighted by molar-refractivity contribution is -0.141. The van der Waals surface area contributed by atoms with Gasteiger partial charge in [0.2, 0.25) is 5.91 Å². The van der Waals surface area contributed by atoms with E-state index in [-0.39, 0.29) is 18.6 Å². The highest BCUT2D eigenvalue weighted by Crippen LogP contribution is 1.97. The summed E-state index contributed by atoms with van der Waals surface area (Å²) in [5.41, 5.74) is 5.40. The number of hydrogen-bond acceptors (Lipinski definition) is 5. The molecule has 0 rings (SSSR count). The van der Waals surface area contributed by atoms with Gasteiger partial charge in [-0.2, -0.15) is 0 Å². The van der Waals surface area contributed by atoms with Crippen LogP contribution in [0.5, 0.6) is 0 Å². The van der Waals surface area contributed by atoms with Crippen LogP contribution >= 0.6 is 0 Å². The molecule has 104 valence electrons. The highest BCUT2D eigenvalue weighted by Gasteiger charge is 2.24. The van der Waals surface area contributed by atoms with Gasteiger partial charge in [0.1, 0.15) is 6.04 Å². The SMILES string of the molecule is CS(=O)C[C@H](NC(=O)[C@@H](N)CCC(=O)O)C(=O)O. The maximum atomic E-state index is 11.5. The Hall–Kier alpha value is -1.48. The second-order valence-corrected chi connectivity index (χ2v) is 5.16. The average Bonchev–Trinajstić information content (AvgIpc) is 2.23. The predicted molar refractivity (Wildman–Crippen MR) is 63.3 cm³/mol. The van der Waals surface area contributed by atoms with Crippen molar-refractivity contribution in [1.82, 2.24) is 5.32 Å². The van der Waals surface area contributed by atoms with Crippen molar-refractivity contribution < 1.29 is 28.8 Å². The number of amides is 1. The minimum absolute atomic E-state index is 0.0945. The molecule has 0 aliphatic heterocycles. The molecule has 5 N–H and O–H groups in total. The summed E-state index contributed by atoms with van der Waals surface area (Å²) >= 11 is 0. The van der Waals surface area contributed by atoms with E-state index in [9.17, 15) is 18.6 Å². The summed E-state index contributed by atoms with van der Waals surface area (Å²) in [5.74, 6) is -3.41. The third kappa shape index (κ3) is 6.97. The standard InChI is InChI=1S/C9H16N2O6S/c1-18(17)4-6(9(15)16)11-8(14)5(10)2-3-7(12)13/h5-6H,2-4,10H2,1H3,(H,11,14)(H,12,13)(H,15,16)/t5-,6-,18?/m0/s1. The van der Waals surface area contributed by atoms with Gasteiger partial charge < -0.3 is 21.3 Å². The molecular weight excluding hydrogens is 264 g/mol. The fraction of sp³-hybridized carbons (Fsp3) is 0.667. The number of hydrogen-bond donors (Lipinski definition) is 4. The zero-order valence-electron chi connectivity index (χ0n) is 9.79. The minimum Gasteiger partial charge on any atom is -0.481 e. The van der Waals surface area contributed by atoms with Gasteiger partial charge in [-0.15, -0.1) is 0 Å². The predicted octanol–water partition coefficient (Wildman–Crippen LogP) is -1.87. The molecule has 9 heteroatoms. The fourth-order valence-electron chi connectivity index (χ4n) is 1.10. The van der Waals surface area contributed by atoms with Gasteiger partial charge in [0.05, 0.1) is 11.8 Å².